The molecule has 9 heteroatoms. The van der Waals surface area contributed by atoms with Crippen molar-refractivity contribution in [1.82, 2.24) is 14.7 Å². The van der Waals surface area contributed by atoms with E-state index >= 15 is 0 Å². The summed E-state index contributed by atoms with van der Waals surface area (Å²) in [5.41, 5.74) is 14.8. The first kappa shape index (κ1) is 30.0. The standard InChI is InChI=1S/C32H41N5O4/c1-23-18-26(30(39)28(19-23)32(34)41)22-35-12-6-14-36(20-24-8-3-2-4-9-24)16-17-37(15-7-13-35)21-25-10-5-11-27(29(25)38)31(33)40/h2-5,8-11,18-19,38-39H,6-7,12-17,20-22H2,1H3,(H2,33,40)(H2,34,41). The van der Waals surface area contributed by atoms with Crippen LogP contribution in [0.3, 0.4) is 0 Å². The van der Waals surface area contributed by atoms with Crippen molar-refractivity contribution in [2.24, 2.45) is 11.5 Å². The lowest BCUT2D eigenvalue weighted by Crippen LogP contribution is -2.35. The number of para-hydroxylation sites is 1. The van der Waals surface area contributed by atoms with Crippen molar-refractivity contribution in [3.63, 3.8) is 0 Å². The lowest BCUT2D eigenvalue weighted by Gasteiger charge is -2.27. The van der Waals surface area contributed by atoms with Gasteiger partial charge in [-0.15, -0.1) is 0 Å². The highest BCUT2D eigenvalue weighted by Crippen LogP contribution is 2.27. The summed E-state index contributed by atoms with van der Waals surface area (Å²) in [6, 6.07) is 19.1. The zero-order valence-corrected chi connectivity index (χ0v) is 23.8. The fourth-order valence-corrected chi connectivity index (χ4v) is 5.53. The minimum atomic E-state index is -0.648. The normalized spacial score (nSPS) is 16.2. The summed E-state index contributed by atoms with van der Waals surface area (Å²) < 4.78 is 0. The average molecular weight is 560 g/mol. The van der Waals surface area contributed by atoms with Crippen molar-refractivity contribution >= 4 is 11.8 Å². The van der Waals surface area contributed by atoms with E-state index in [1.54, 1.807) is 12.1 Å². The maximum Gasteiger partial charge on any atom is 0.252 e. The molecule has 0 saturated carbocycles. The van der Waals surface area contributed by atoms with Crippen LogP contribution in [0.1, 0.15) is 55.8 Å². The molecule has 0 unspecified atom stereocenters. The van der Waals surface area contributed by atoms with Crippen LogP contribution in [-0.4, -0.2) is 76.0 Å². The van der Waals surface area contributed by atoms with E-state index in [0.29, 0.717) is 24.2 Å². The van der Waals surface area contributed by atoms with Crippen LogP contribution in [0, 0.1) is 6.92 Å². The fraction of sp³-hybridized carbons (Fsp3) is 0.375. The van der Waals surface area contributed by atoms with Gasteiger partial charge in [0.05, 0.1) is 11.1 Å². The Balaban J connectivity index is 1.54. The number of aromatic hydroxyl groups is 2. The number of hydrogen-bond acceptors (Lipinski definition) is 7. The molecule has 4 rings (SSSR count). The molecule has 0 bridgehead atoms. The van der Waals surface area contributed by atoms with Gasteiger partial charge in [0.2, 0.25) is 0 Å². The molecule has 9 nitrogen and oxygen atoms in total. The molecular weight excluding hydrogens is 518 g/mol. The van der Waals surface area contributed by atoms with Crippen molar-refractivity contribution in [2.45, 2.75) is 39.4 Å². The molecule has 1 saturated heterocycles. The monoisotopic (exact) mass is 559 g/mol. The number of benzene rings is 3. The number of aryl methyl sites for hydroxylation is 1. The molecule has 1 heterocycles. The van der Waals surface area contributed by atoms with E-state index < -0.39 is 11.8 Å². The molecule has 3 aromatic rings. The zero-order chi connectivity index (χ0) is 29.4. The van der Waals surface area contributed by atoms with Crippen LogP contribution < -0.4 is 11.5 Å². The second-order valence-electron chi connectivity index (χ2n) is 10.9. The van der Waals surface area contributed by atoms with Gasteiger partial charge >= 0.3 is 0 Å². The molecule has 1 fully saturated rings. The molecule has 0 spiro atoms. The predicted molar refractivity (Wildman–Crippen MR) is 159 cm³/mol. The average Bonchev–Trinajstić information content (AvgIpc) is 2.97. The Morgan fingerprint density at radius 1 is 0.659 bits per heavy atom. The van der Waals surface area contributed by atoms with Gasteiger partial charge in [-0.3, -0.25) is 24.3 Å². The van der Waals surface area contributed by atoms with Gasteiger partial charge in [0.15, 0.2) is 0 Å². The van der Waals surface area contributed by atoms with Crippen LogP contribution in [0.25, 0.3) is 0 Å². The molecule has 218 valence electrons. The maximum atomic E-state index is 11.9. The number of carbonyl (C=O) groups is 2. The number of phenols is 2. The summed E-state index contributed by atoms with van der Waals surface area (Å²) in [6.07, 6.45) is 1.81. The second-order valence-corrected chi connectivity index (χ2v) is 10.9. The first-order chi connectivity index (χ1) is 19.7. The number of hydrogen-bond donors (Lipinski definition) is 4. The van der Waals surface area contributed by atoms with E-state index in [4.69, 9.17) is 11.5 Å². The second kappa shape index (κ2) is 14.1. The number of rotatable bonds is 8. The molecule has 1 aliphatic heterocycles. The predicted octanol–water partition coefficient (Wildman–Crippen LogP) is 3.20. The van der Waals surface area contributed by atoms with Gasteiger partial charge in [-0.1, -0.05) is 48.5 Å². The fourth-order valence-electron chi connectivity index (χ4n) is 5.53. The van der Waals surface area contributed by atoms with Crippen molar-refractivity contribution in [3.8, 4) is 11.5 Å². The summed E-state index contributed by atoms with van der Waals surface area (Å²) in [4.78, 5) is 30.7. The molecule has 0 atom stereocenters. The Labute approximate surface area is 242 Å². The van der Waals surface area contributed by atoms with Gasteiger partial charge in [-0.25, -0.2) is 0 Å². The third-order valence-corrected chi connectivity index (χ3v) is 7.65. The Morgan fingerprint density at radius 2 is 1.20 bits per heavy atom. The highest BCUT2D eigenvalue weighted by molar-refractivity contribution is 5.96. The molecule has 0 aliphatic carbocycles. The van der Waals surface area contributed by atoms with Gasteiger partial charge in [-0.05, 0) is 69.2 Å². The van der Waals surface area contributed by atoms with E-state index in [0.717, 1.165) is 64.2 Å². The van der Waals surface area contributed by atoms with Crippen molar-refractivity contribution in [3.05, 3.63) is 94.0 Å². The van der Waals surface area contributed by atoms with E-state index in [-0.39, 0.29) is 22.6 Å². The quantitative estimate of drug-likeness (QED) is 0.333. The van der Waals surface area contributed by atoms with Crippen molar-refractivity contribution in [2.75, 3.05) is 39.3 Å². The van der Waals surface area contributed by atoms with E-state index in [9.17, 15) is 19.8 Å². The van der Waals surface area contributed by atoms with Crippen LogP contribution in [0.4, 0.5) is 0 Å². The van der Waals surface area contributed by atoms with Crippen LogP contribution in [-0.2, 0) is 19.6 Å². The smallest absolute Gasteiger partial charge is 0.252 e. The molecule has 2 amide bonds. The number of primary amides is 2. The summed E-state index contributed by atoms with van der Waals surface area (Å²) >= 11 is 0. The number of nitrogens with two attached hydrogens (primary N) is 2. The summed E-state index contributed by atoms with van der Waals surface area (Å²) in [5.74, 6) is -1.39. The Bertz CT molecular complexity index is 1350. The Hall–Kier alpha value is -3.92. The molecule has 41 heavy (non-hydrogen) atoms. The largest absolute Gasteiger partial charge is 0.507 e. The third kappa shape index (κ3) is 8.29. The lowest BCUT2D eigenvalue weighted by atomic mass is 10.0. The molecule has 0 radical (unpaired) electrons. The Morgan fingerprint density at radius 3 is 1.80 bits per heavy atom. The van der Waals surface area contributed by atoms with Crippen LogP contribution in [0.15, 0.2) is 60.7 Å². The molecular formula is C32H41N5O4. The van der Waals surface area contributed by atoms with Crippen molar-refractivity contribution in [1.29, 1.82) is 0 Å². The minimum absolute atomic E-state index is 0.0467. The van der Waals surface area contributed by atoms with E-state index in [1.807, 2.05) is 25.1 Å². The minimum Gasteiger partial charge on any atom is -0.507 e. The summed E-state index contributed by atoms with van der Waals surface area (Å²) in [5, 5.41) is 21.5. The van der Waals surface area contributed by atoms with E-state index in [1.165, 1.54) is 11.6 Å². The highest BCUT2D eigenvalue weighted by Gasteiger charge is 2.20. The first-order valence-electron chi connectivity index (χ1n) is 14.1. The summed E-state index contributed by atoms with van der Waals surface area (Å²) in [6.45, 7) is 8.69. The van der Waals surface area contributed by atoms with Crippen LogP contribution >= 0.6 is 0 Å². The van der Waals surface area contributed by atoms with Gasteiger partial charge in [0.1, 0.15) is 11.5 Å². The Kier molecular flexibility index (Phi) is 10.3. The molecule has 3 aromatic carbocycles. The van der Waals surface area contributed by atoms with Crippen LogP contribution in [0.5, 0.6) is 11.5 Å². The number of carbonyl (C=O) groups excluding carboxylic acids is 2. The molecule has 6 N–H and O–H groups in total. The van der Waals surface area contributed by atoms with E-state index in [2.05, 4.69) is 39.0 Å². The topological polar surface area (TPSA) is 136 Å². The van der Waals surface area contributed by atoms with Gasteiger partial charge < -0.3 is 21.7 Å². The van der Waals surface area contributed by atoms with Crippen molar-refractivity contribution < 1.29 is 19.8 Å². The SMILES string of the molecule is Cc1cc(CN2CCCN(Cc3ccccc3)CCN(Cc3cccc(C(N)=O)c3O)CCC2)c(O)c(C(N)=O)c1. The van der Waals surface area contributed by atoms with Gasteiger partial charge in [0, 0.05) is 43.9 Å². The molecule has 0 aromatic heterocycles. The number of amides is 2. The lowest BCUT2D eigenvalue weighted by molar-refractivity contribution is 0.0988. The summed E-state index contributed by atoms with van der Waals surface area (Å²) in [7, 11) is 0. The van der Waals surface area contributed by atoms with Gasteiger partial charge in [-0.2, -0.15) is 0 Å². The third-order valence-electron chi connectivity index (χ3n) is 7.65. The van der Waals surface area contributed by atoms with Crippen LogP contribution in [0.2, 0.25) is 0 Å². The number of nitrogens with zero attached hydrogens (tertiary/aromatic N) is 3. The highest BCUT2D eigenvalue weighted by atomic mass is 16.3. The maximum absolute atomic E-state index is 11.9. The molecule has 1 aliphatic rings. The van der Waals surface area contributed by atoms with Gasteiger partial charge in [0.25, 0.3) is 11.8 Å². The first-order valence-corrected chi connectivity index (χ1v) is 14.1. The zero-order valence-electron chi connectivity index (χ0n) is 23.8.